The van der Waals surface area contributed by atoms with Gasteiger partial charge in [-0.3, -0.25) is 9.59 Å². The Kier molecular flexibility index (Phi) is 8.28. The van der Waals surface area contributed by atoms with E-state index in [9.17, 15) is 24.3 Å². The molecule has 9 heteroatoms. The highest BCUT2D eigenvalue weighted by molar-refractivity contribution is 6.08. The summed E-state index contributed by atoms with van der Waals surface area (Å²) in [6.07, 6.45) is 5.35. The second kappa shape index (κ2) is 11.5. The first-order chi connectivity index (χ1) is 18.4. The van der Waals surface area contributed by atoms with Crippen LogP contribution in [0.15, 0.2) is 42.5 Å². The van der Waals surface area contributed by atoms with Crippen LogP contribution in [0.4, 0.5) is 21.9 Å². The minimum Gasteiger partial charge on any atom is -0.478 e. The fraction of sp³-hybridized carbons (Fsp3) is 0.467. The van der Waals surface area contributed by atoms with Crippen molar-refractivity contribution in [2.45, 2.75) is 71.9 Å². The molecule has 1 aliphatic heterocycles. The lowest BCUT2D eigenvalue weighted by Gasteiger charge is -2.37. The van der Waals surface area contributed by atoms with E-state index in [0.717, 1.165) is 36.9 Å². The number of ketones is 1. The van der Waals surface area contributed by atoms with Crippen LogP contribution >= 0.6 is 0 Å². The van der Waals surface area contributed by atoms with Crippen LogP contribution in [-0.2, 0) is 9.59 Å². The van der Waals surface area contributed by atoms with E-state index in [1.165, 1.54) is 23.5 Å². The summed E-state index contributed by atoms with van der Waals surface area (Å²) in [7, 11) is 0. The van der Waals surface area contributed by atoms with E-state index in [4.69, 9.17) is 0 Å². The van der Waals surface area contributed by atoms with Gasteiger partial charge in [-0.25, -0.2) is 9.59 Å². The van der Waals surface area contributed by atoms with Gasteiger partial charge in [0.1, 0.15) is 6.04 Å². The maximum atomic E-state index is 14.1. The zero-order chi connectivity index (χ0) is 28.3. The number of benzene rings is 2. The van der Waals surface area contributed by atoms with Crippen molar-refractivity contribution in [1.29, 1.82) is 0 Å². The lowest BCUT2D eigenvalue weighted by atomic mass is 9.90. The Morgan fingerprint density at radius 1 is 1.00 bits per heavy atom. The summed E-state index contributed by atoms with van der Waals surface area (Å²) in [4.78, 5) is 55.4. The largest absolute Gasteiger partial charge is 0.478 e. The molecule has 2 aliphatic rings. The number of carbonyl (C=O) groups excluding carboxylic acids is 3. The molecule has 0 unspecified atom stereocenters. The fourth-order valence-electron chi connectivity index (χ4n) is 5.22. The van der Waals surface area contributed by atoms with Gasteiger partial charge in [-0.15, -0.1) is 0 Å². The molecule has 39 heavy (non-hydrogen) atoms. The second-order valence-corrected chi connectivity index (χ2v) is 11.6. The SMILES string of the molecule is Cc1ccc2c(c1)N(CC(=O)C(C)(C)C)C(=O)[C@H](NC(=O)Nc1cccc(C(=O)O)c1)CN2C1CCCCC1. The van der Waals surface area contributed by atoms with Crippen molar-refractivity contribution in [1.82, 2.24) is 5.32 Å². The number of fused-ring (bicyclic) bond motifs is 1. The van der Waals surface area contributed by atoms with E-state index >= 15 is 0 Å². The molecule has 1 aliphatic carbocycles. The van der Waals surface area contributed by atoms with E-state index in [2.05, 4.69) is 15.5 Å². The van der Waals surface area contributed by atoms with Crippen molar-refractivity contribution in [3.63, 3.8) is 0 Å². The maximum absolute atomic E-state index is 14.1. The molecule has 4 rings (SSSR count). The third kappa shape index (κ3) is 6.58. The van der Waals surface area contributed by atoms with Gasteiger partial charge < -0.3 is 25.5 Å². The third-order valence-corrected chi connectivity index (χ3v) is 7.50. The number of carboxylic acids is 1. The van der Waals surface area contributed by atoms with Crippen LogP contribution < -0.4 is 20.4 Å². The highest BCUT2D eigenvalue weighted by Gasteiger charge is 2.39. The molecule has 0 spiro atoms. The molecule has 2 aromatic carbocycles. The average molecular weight is 535 g/mol. The van der Waals surface area contributed by atoms with Crippen LogP contribution in [-0.4, -0.2) is 54.0 Å². The van der Waals surface area contributed by atoms with Crippen LogP contribution in [0, 0.1) is 12.3 Å². The molecular formula is C30H38N4O5. The van der Waals surface area contributed by atoms with Crippen molar-refractivity contribution in [3.8, 4) is 0 Å². The zero-order valence-electron chi connectivity index (χ0n) is 23.1. The number of rotatable bonds is 6. The number of carboxylic acid groups (broad SMARTS) is 1. The first-order valence-electron chi connectivity index (χ1n) is 13.6. The smallest absolute Gasteiger partial charge is 0.335 e. The highest BCUT2D eigenvalue weighted by Crippen LogP contribution is 2.38. The lowest BCUT2D eigenvalue weighted by Crippen LogP contribution is -2.55. The topological polar surface area (TPSA) is 119 Å². The predicted octanol–water partition coefficient (Wildman–Crippen LogP) is 4.98. The van der Waals surface area contributed by atoms with E-state index < -0.39 is 23.5 Å². The normalized spacial score (nSPS) is 18.3. The van der Waals surface area contributed by atoms with E-state index in [1.54, 1.807) is 12.1 Å². The standard InChI is InChI=1S/C30H38N4O5/c1-19-13-14-24-25(15-19)34(18-26(35)30(2,3)4)27(36)23(17-33(24)22-11-6-5-7-12-22)32-29(39)31-21-10-8-9-20(16-21)28(37)38/h8-10,13-16,22-23H,5-7,11-12,17-18H2,1-4H3,(H,37,38)(H2,31,32,39)/t23-/m1/s1. The molecule has 1 saturated carbocycles. The molecule has 2 aromatic rings. The van der Waals surface area contributed by atoms with Crippen LogP contribution in [0.2, 0.25) is 0 Å². The van der Waals surface area contributed by atoms with Gasteiger partial charge >= 0.3 is 12.0 Å². The monoisotopic (exact) mass is 534 g/mol. The van der Waals surface area contributed by atoms with Gasteiger partial charge in [0.05, 0.1) is 23.5 Å². The molecule has 208 valence electrons. The number of amides is 3. The van der Waals surface area contributed by atoms with E-state index in [0.29, 0.717) is 11.4 Å². The van der Waals surface area contributed by atoms with Crippen LogP contribution in [0.3, 0.4) is 0 Å². The number of aromatic carboxylic acids is 1. The van der Waals surface area contributed by atoms with Gasteiger partial charge in [0.15, 0.2) is 5.78 Å². The Morgan fingerprint density at radius 3 is 2.38 bits per heavy atom. The van der Waals surface area contributed by atoms with E-state index in [-0.39, 0.29) is 36.4 Å². The van der Waals surface area contributed by atoms with Crippen molar-refractivity contribution >= 4 is 40.8 Å². The van der Waals surface area contributed by atoms with Gasteiger partial charge in [-0.2, -0.15) is 0 Å². The third-order valence-electron chi connectivity index (χ3n) is 7.50. The molecule has 1 fully saturated rings. The number of anilines is 3. The molecule has 0 bridgehead atoms. The second-order valence-electron chi connectivity index (χ2n) is 11.6. The Labute approximate surface area is 229 Å². The summed E-state index contributed by atoms with van der Waals surface area (Å²) >= 11 is 0. The Bertz CT molecular complexity index is 1260. The Morgan fingerprint density at radius 2 is 1.72 bits per heavy atom. The molecule has 1 heterocycles. The Hall–Kier alpha value is -3.88. The molecule has 0 saturated heterocycles. The molecule has 1 atom stereocenters. The number of Topliss-reactive ketones (excluding diaryl/α,β-unsaturated/α-hetero) is 1. The number of nitrogens with zero attached hydrogens (tertiary/aromatic N) is 2. The van der Waals surface area contributed by atoms with Gasteiger partial charge in [-0.1, -0.05) is 52.2 Å². The van der Waals surface area contributed by atoms with Gasteiger partial charge in [0, 0.05) is 23.7 Å². The minimum atomic E-state index is -1.10. The number of nitrogens with one attached hydrogen (secondary N) is 2. The summed E-state index contributed by atoms with van der Waals surface area (Å²) in [5.74, 6) is -1.54. The molecule has 3 N–H and O–H groups in total. The fourth-order valence-corrected chi connectivity index (χ4v) is 5.22. The summed E-state index contributed by atoms with van der Waals surface area (Å²) in [5.41, 5.74) is 2.25. The molecule has 0 radical (unpaired) electrons. The zero-order valence-corrected chi connectivity index (χ0v) is 23.1. The number of aryl methyl sites for hydroxylation is 1. The van der Waals surface area contributed by atoms with Gasteiger partial charge in [-0.05, 0) is 55.7 Å². The first kappa shape index (κ1) is 28.1. The van der Waals surface area contributed by atoms with Crippen molar-refractivity contribution in [2.75, 3.05) is 28.2 Å². The first-order valence-corrected chi connectivity index (χ1v) is 13.6. The predicted molar refractivity (Wildman–Crippen MR) is 152 cm³/mol. The van der Waals surface area contributed by atoms with Crippen LogP contribution in [0.1, 0.15) is 68.8 Å². The summed E-state index contributed by atoms with van der Waals surface area (Å²) < 4.78 is 0. The highest BCUT2D eigenvalue weighted by atomic mass is 16.4. The number of urea groups is 1. The maximum Gasteiger partial charge on any atom is 0.335 e. The molecule has 3 amide bonds. The summed E-state index contributed by atoms with van der Waals surface area (Å²) in [5, 5.41) is 14.8. The van der Waals surface area contributed by atoms with Crippen molar-refractivity contribution in [3.05, 3.63) is 53.6 Å². The number of hydrogen-bond donors (Lipinski definition) is 3. The quantitative estimate of drug-likeness (QED) is 0.481. The summed E-state index contributed by atoms with van der Waals surface area (Å²) in [6.45, 7) is 7.62. The number of carbonyl (C=O) groups is 4. The lowest BCUT2D eigenvalue weighted by molar-refractivity contribution is -0.127. The Balaban J connectivity index is 1.68. The van der Waals surface area contributed by atoms with Crippen LogP contribution in [0.25, 0.3) is 0 Å². The van der Waals surface area contributed by atoms with Gasteiger partial charge in [0.25, 0.3) is 5.91 Å². The number of hydrogen-bond acceptors (Lipinski definition) is 5. The van der Waals surface area contributed by atoms with Crippen LogP contribution in [0.5, 0.6) is 0 Å². The molecule has 0 aromatic heterocycles. The minimum absolute atomic E-state index is 0.0412. The van der Waals surface area contributed by atoms with Crippen molar-refractivity contribution in [2.24, 2.45) is 5.41 Å². The molecular weight excluding hydrogens is 496 g/mol. The van der Waals surface area contributed by atoms with Gasteiger partial charge in [0.2, 0.25) is 0 Å². The van der Waals surface area contributed by atoms with Crippen molar-refractivity contribution < 1.29 is 24.3 Å². The average Bonchev–Trinajstić information content (AvgIpc) is 2.99. The van der Waals surface area contributed by atoms with E-state index in [1.807, 2.05) is 45.9 Å². The molecule has 9 nitrogen and oxygen atoms in total. The summed E-state index contributed by atoms with van der Waals surface area (Å²) in [6, 6.07) is 10.6.